The molecule has 1 heterocycles. The number of esters is 1. The van der Waals surface area contributed by atoms with Gasteiger partial charge in [-0.25, -0.2) is 4.79 Å². The van der Waals surface area contributed by atoms with Crippen molar-refractivity contribution >= 4 is 23.0 Å². The van der Waals surface area contributed by atoms with Gasteiger partial charge in [0.1, 0.15) is 0 Å². The van der Waals surface area contributed by atoms with Crippen molar-refractivity contribution in [2.24, 2.45) is 0 Å². The molecule has 124 valence electrons. The fourth-order valence-electron chi connectivity index (χ4n) is 2.94. The Kier molecular flexibility index (Phi) is 3.86. The maximum absolute atomic E-state index is 11.9. The van der Waals surface area contributed by atoms with Crippen LogP contribution in [0.25, 0.3) is 0 Å². The summed E-state index contributed by atoms with van der Waals surface area (Å²) in [4.78, 5) is 14.0. The topological polar surface area (TPSA) is 38.8 Å². The third-order valence-corrected chi connectivity index (χ3v) is 4.07. The molecule has 0 aromatic heterocycles. The predicted octanol–water partition coefficient (Wildman–Crippen LogP) is 5.44. The first-order valence-electron chi connectivity index (χ1n) is 8.21. The highest BCUT2D eigenvalue weighted by molar-refractivity contribution is 5.91. The van der Waals surface area contributed by atoms with Gasteiger partial charge in [-0.1, -0.05) is 24.3 Å². The summed E-state index contributed by atoms with van der Waals surface area (Å²) in [6, 6.07) is 23.2. The SMILES string of the molecule is CCOC(=O)c1ccc(N2c3ccccc3Oc3ccccc32)cc1. The number of rotatable bonds is 3. The van der Waals surface area contributed by atoms with Gasteiger partial charge in [-0.05, 0) is 55.5 Å². The molecule has 0 atom stereocenters. The molecule has 0 amide bonds. The normalized spacial score (nSPS) is 12.0. The zero-order valence-electron chi connectivity index (χ0n) is 13.8. The number of fused-ring (bicyclic) bond motifs is 2. The summed E-state index contributed by atoms with van der Waals surface area (Å²) in [7, 11) is 0. The number of nitrogens with zero attached hydrogens (tertiary/aromatic N) is 1. The molecule has 0 radical (unpaired) electrons. The quantitative estimate of drug-likeness (QED) is 0.469. The van der Waals surface area contributed by atoms with E-state index in [9.17, 15) is 4.79 Å². The maximum Gasteiger partial charge on any atom is 0.338 e. The van der Waals surface area contributed by atoms with Gasteiger partial charge >= 0.3 is 5.97 Å². The third-order valence-electron chi connectivity index (χ3n) is 4.07. The Labute approximate surface area is 146 Å². The predicted molar refractivity (Wildman–Crippen MR) is 97.2 cm³/mol. The summed E-state index contributed by atoms with van der Waals surface area (Å²) in [6.45, 7) is 2.17. The van der Waals surface area contributed by atoms with E-state index in [2.05, 4.69) is 4.90 Å². The zero-order chi connectivity index (χ0) is 17.2. The Morgan fingerprint density at radius 2 is 1.44 bits per heavy atom. The lowest BCUT2D eigenvalue weighted by molar-refractivity contribution is 0.0526. The van der Waals surface area contributed by atoms with Crippen LogP contribution in [0.5, 0.6) is 11.5 Å². The van der Waals surface area contributed by atoms with Gasteiger partial charge in [0.25, 0.3) is 0 Å². The highest BCUT2D eigenvalue weighted by Crippen LogP contribution is 2.49. The Hall–Kier alpha value is -3.27. The molecule has 1 aliphatic heterocycles. The van der Waals surface area contributed by atoms with Gasteiger partial charge in [-0.15, -0.1) is 0 Å². The van der Waals surface area contributed by atoms with E-state index in [4.69, 9.17) is 9.47 Å². The molecule has 0 fully saturated rings. The van der Waals surface area contributed by atoms with Crippen LogP contribution in [0.4, 0.5) is 17.1 Å². The minimum Gasteiger partial charge on any atom is -0.462 e. The van der Waals surface area contributed by atoms with Crippen LogP contribution in [-0.2, 0) is 4.74 Å². The number of carbonyl (C=O) groups excluding carboxylic acids is 1. The molecular weight excluding hydrogens is 314 g/mol. The van der Waals surface area contributed by atoms with Gasteiger partial charge in [0.15, 0.2) is 11.5 Å². The van der Waals surface area contributed by atoms with Crippen molar-refractivity contribution < 1.29 is 14.3 Å². The van der Waals surface area contributed by atoms with E-state index in [1.807, 2.05) is 60.7 Å². The molecular formula is C21H17NO3. The van der Waals surface area contributed by atoms with Crippen molar-refractivity contribution in [3.8, 4) is 11.5 Å². The molecule has 0 spiro atoms. The molecule has 1 aliphatic rings. The van der Waals surface area contributed by atoms with Gasteiger partial charge in [0, 0.05) is 5.69 Å². The van der Waals surface area contributed by atoms with E-state index in [0.717, 1.165) is 28.6 Å². The number of anilines is 3. The van der Waals surface area contributed by atoms with Crippen molar-refractivity contribution in [1.29, 1.82) is 0 Å². The molecule has 4 nitrogen and oxygen atoms in total. The number of para-hydroxylation sites is 4. The van der Waals surface area contributed by atoms with Crippen molar-refractivity contribution in [1.82, 2.24) is 0 Å². The van der Waals surface area contributed by atoms with Crippen LogP contribution in [0.15, 0.2) is 72.8 Å². The molecule has 3 aromatic carbocycles. The molecule has 0 N–H and O–H groups in total. The summed E-state index contributed by atoms with van der Waals surface area (Å²) in [5.74, 6) is 1.29. The Bertz CT molecular complexity index is 873. The summed E-state index contributed by atoms with van der Waals surface area (Å²) in [5, 5.41) is 0. The minimum atomic E-state index is -0.308. The standard InChI is InChI=1S/C21H17NO3/c1-2-24-21(23)15-11-13-16(14-12-15)22-17-7-3-5-9-19(17)25-20-10-6-4-8-18(20)22/h3-14H,2H2,1H3. The van der Waals surface area contributed by atoms with Crippen molar-refractivity contribution in [3.05, 3.63) is 78.4 Å². The van der Waals surface area contributed by atoms with Crippen molar-refractivity contribution in [2.75, 3.05) is 11.5 Å². The smallest absolute Gasteiger partial charge is 0.338 e. The van der Waals surface area contributed by atoms with E-state index in [1.54, 1.807) is 19.1 Å². The van der Waals surface area contributed by atoms with E-state index in [0.29, 0.717) is 12.2 Å². The Balaban J connectivity index is 1.79. The number of ether oxygens (including phenoxy) is 2. The second kappa shape index (κ2) is 6.32. The molecule has 4 rings (SSSR count). The van der Waals surface area contributed by atoms with E-state index >= 15 is 0 Å². The first-order valence-corrected chi connectivity index (χ1v) is 8.21. The van der Waals surface area contributed by atoms with Crippen LogP contribution in [-0.4, -0.2) is 12.6 Å². The molecule has 0 bridgehead atoms. The van der Waals surface area contributed by atoms with Gasteiger partial charge in [-0.2, -0.15) is 0 Å². The highest BCUT2D eigenvalue weighted by Gasteiger charge is 2.25. The molecule has 0 saturated heterocycles. The number of carbonyl (C=O) groups is 1. The number of hydrogen-bond donors (Lipinski definition) is 0. The second-order valence-electron chi connectivity index (χ2n) is 5.64. The molecule has 0 saturated carbocycles. The van der Waals surface area contributed by atoms with Gasteiger partial charge in [0.2, 0.25) is 0 Å². The number of benzene rings is 3. The fourth-order valence-corrected chi connectivity index (χ4v) is 2.94. The van der Waals surface area contributed by atoms with Gasteiger partial charge in [-0.3, -0.25) is 0 Å². The highest BCUT2D eigenvalue weighted by atomic mass is 16.5. The maximum atomic E-state index is 11.9. The van der Waals surface area contributed by atoms with Crippen LogP contribution in [0.2, 0.25) is 0 Å². The monoisotopic (exact) mass is 331 g/mol. The summed E-state index contributed by atoms with van der Waals surface area (Å²) in [5.41, 5.74) is 3.42. The van der Waals surface area contributed by atoms with Crippen LogP contribution in [0.1, 0.15) is 17.3 Å². The molecule has 3 aromatic rings. The minimum absolute atomic E-state index is 0.308. The first kappa shape index (κ1) is 15.3. The first-order chi connectivity index (χ1) is 12.3. The van der Waals surface area contributed by atoms with E-state index < -0.39 is 0 Å². The van der Waals surface area contributed by atoms with Crippen LogP contribution >= 0.6 is 0 Å². The van der Waals surface area contributed by atoms with E-state index in [1.165, 1.54) is 0 Å². The molecule has 0 unspecified atom stereocenters. The molecule has 4 heteroatoms. The fraction of sp³-hybridized carbons (Fsp3) is 0.0952. The lowest BCUT2D eigenvalue weighted by atomic mass is 10.1. The van der Waals surface area contributed by atoms with Gasteiger partial charge in [0.05, 0.1) is 23.5 Å². The lowest BCUT2D eigenvalue weighted by Gasteiger charge is -2.32. The third kappa shape index (κ3) is 2.72. The van der Waals surface area contributed by atoms with Gasteiger partial charge < -0.3 is 14.4 Å². The van der Waals surface area contributed by atoms with Crippen LogP contribution in [0.3, 0.4) is 0 Å². The zero-order valence-corrected chi connectivity index (χ0v) is 13.8. The molecule has 0 aliphatic carbocycles. The largest absolute Gasteiger partial charge is 0.462 e. The second-order valence-corrected chi connectivity index (χ2v) is 5.64. The van der Waals surface area contributed by atoms with Crippen molar-refractivity contribution in [3.63, 3.8) is 0 Å². The number of hydrogen-bond acceptors (Lipinski definition) is 4. The Morgan fingerprint density at radius 1 is 0.880 bits per heavy atom. The average Bonchev–Trinajstić information content (AvgIpc) is 2.66. The summed E-state index contributed by atoms with van der Waals surface area (Å²) >= 11 is 0. The van der Waals surface area contributed by atoms with Crippen LogP contribution < -0.4 is 9.64 Å². The molecule has 25 heavy (non-hydrogen) atoms. The summed E-state index contributed by atoms with van der Waals surface area (Å²) < 4.78 is 11.1. The van der Waals surface area contributed by atoms with Crippen molar-refractivity contribution in [2.45, 2.75) is 6.92 Å². The average molecular weight is 331 g/mol. The van der Waals surface area contributed by atoms with Crippen LogP contribution in [0, 0.1) is 0 Å². The lowest BCUT2D eigenvalue weighted by Crippen LogP contribution is -2.15. The Morgan fingerprint density at radius 3 is 2.00 bits per heavy atom. The van der Waals surface area contributed by atoms with E-state index in [-0.39, 0.29) is 5.97 Å². The summed E-state index contributed by atoms with van der Waals surface area (Å²) in [6.07, 6.45) is 0.